The molecule has 4 heteroatoms. The van der Waals surface area contributed by atoms with Gasteiger partial charge in [0, 0.05) is 0 Å². The van der Waals surface area contributed by atoms with Crippen LogP contribution in [0.5, 0.6) is 0 Å². The number of nitrogens with zero attached hydrogens (tertiary/aromatic N) is 1. The Morgan fingerprint density at radius 3 is 1.91 bits per heavy atom. The molecular weight excluding hydrogens is 417 g/mol. The average molecular weight is 422 g/mol. The van der Waals surface area contributed by atoms with Crippen molar-refractivity contribution in [2.75, 3.05) is 0 Å². The SMILES string of the molecule is N#Cc1ccccc1.[I][Zn][I]. The van der Waals surface area contributed by atoms with Gasteiger partial charge in [0.1, 0.15) is 0 Å². The predicted octanol–water partition coefficient (Wildman–Crippen LogP) is 3.33. The number of rotatable bonds is 0. The van der Waals surface area contributed by atoms with Crippen LogP contribution in [0.4, 0.5) is 0 Å². The Kier molecular flexibility index (Phi) is 9.53. The predicted molar refractivity (Wildman–Crippen MR) is 59.2 cm³/mol. The monoisotopic (exact) mass is 421 g/mol. The maximum absolute atomic E-state index is 8.29. The molecule has 0 unspecified atom stereocenters. The molecule has 0 bridgehead atoms. The van der Waals surface area contributed by atoms with Crippen molar-refractivity contribution in [3.05, 3.63) is 35.9 Å². The van der Waals surface area contributed by atoms with Crippen molar-refractivity contribution in [2.45, 2.75) is 0 Å². The quantitative estimate of drug-likeness (QED) is 0.465. The molecule has 0 amide bonds. The first-order valence-corrected chi connectivity index (χ1v) is 21.0. The topological polar surface area (TPSA) is 23.8 Å². The van der Waals surface area contributed by atoms with Gasteiger partial charge in [-0.1, -0.05) is 18.2 Å². The van der Waals surface area contributed by atoms with Gasteiger partial charge in [-0.3, -0.25) is 0 Å². The van der Waals surface area contributed by atoms with Crippen molar-refractivity contribution >= 4 is 39.5 Å². The van der Waals surface area contributed by atoms with Gasteiger partial charge in [0.15, 0.2) is 0 Å². The summed E-state index contributed by atoms with van der Waals surface area (Å²) in [5.74, 6) is 0. The number of hydrogen-bond acceptors (Lipinski definition) is 1. The van der Waals surface area contributed by atoms with E-state index in [1.165, 1.54) is 0 Å². The molecule has 0 aliphatic carbocycles. The zero-order valence-electron chi connectivity index (χ0n) is 5.80. The fraction of sp³-hybridized carbons (Fsp3) is 0. The second-order valence-corrected chi connectivity index (χ2v) is 25.1. The summed E-state index contributed by atoms with van der Waals surface area (Å²) < 4.78 is 0. The first-order valence-electron chi connectivity index (χ1n) is 2.92. The van der Waals surface area contributed by atoms with Crippen molar-refractivity contribution in [3.8, 4) is 6.07 Å². The molecule has 0 aliphatic rings. The molecule has 54 valence electrons. The van der Waals surface area contributed by atoms with Crippen LogP contribution in [0, 0.1) is 11.3 Å². The van der Waals surface area contributed by atoms with Gasteiger partial charge >= 0.3 is 49.6 Å². The summed E-state index contributed by atoms with van der Waals surface area (Å²) in [6.07, 6.45) is 0. The zero-order chi connectivity index (χ0) is 8.53. The Balaban J connectivity index is 0.000000292. The molecule has 0 aromatic heterocycles. The molecule has 0 radical (unpaired) electrons. The van der Waals surface area contributed by atoms with Crippen LogP contribution in [-0.4, -0.2) is 0 Å². The van der Waals surface area contributed by atoms with Crippen LogP contribution in [0.3, 0.4) is 0 Å². The molecule has 1 aromatic carbocycles. The van der Waals surface area contributed by atoms with E-state index < -0.39 is 0 Å². The summed E-state index contributed by atoms with van der Waals surface area (Å²) in [5.41, 5.74) is 0.715. The van der Waals surface area contributed by atoms with E-state index in [1.807, 2.05) is 24.3 Å². The molecular formula is C7H5I2NZn. The number of halogens is 2. The molecule has 0 heterocycles. The van der Waals surface area contributed by atoms with Crippen LogP contribution >= 0.6 is 39.5 Å². The molecule has 0 saturated heterocycles. The van der Waals surface area contributed by atoms with Crippen LogP contribution in [0.1, 0.15) is 5.56 Å². The van der Waals surface area contributed by atoms with Gasteiger partial charge in [0.05, 0.1) is 11.6 Å². The molecule has 1 aromatic rings. The van der Waals surface area contributed by atoms with E-state index in [9.17, 15) is 0 Å². The summed E-state index contributed by atoms with van der Waals surface area (Å²) in [6, 6.07) is 11.2. The van der Waals surface area contributed by atoms with Gasteiger partial charge in [0.25, 0.3) is 0 Å². The minimum atomic E-state index is 0.0650. The van der Waals surface area contributed by atoms with Gasteiger partial charge in [-0.05, 0) is 12.1 Å². The van der Waals surface area contributed by atoms with Crippen molar-refractivity contribution in [1.82, 2.24) is 0 Å². The Bertz CT molecular complexity index is 220. The number of hydrogen-bond donors (Lipinski definition) is 0. The Hall–Kier alpha value is 0.793. The Morgan fingerprint density at radius 1 is 1.18 bits per heavy atom. The minimum absolute atomic E-state index is 0.0650. The third-order valence-electron chi connectivity index (χ3n) is 0.903. The standard InChI is InChI=1S/C7H5N.2HI.Zn/c8-6-7-4-2-1-3-5-7;;;/h1-5H;2*1H;/q;;;+2/p-2. The van der Waals surface area contributed by atoms with E-state index in [4.69, 9.17) is 5.26 Å². The molecule has 0 fully saturated rings. The van der Waals surface area contributed by atoms with Crippen molar-refractivity contribution < 1.29 is 10.1 Å². The molecule has 0 N–H and O–H groups in total. The van der Waals surface area contributed by atoms with Gasteiger partial charge in [0.2, 0.25) is 0 Å². The third kappa shape index (κ3) is 7.16. The van der Waals surface area contributed by atoms with E-state index >= 15 is 0 Å². The van der Waals surface area contributed by atoms with Crippen LogP contribution in [0.25, 0.3) is 0 Å². The van der Waals surface area contributed by atoms with Gasteiger partial charge in [-0.15, -0.1) is 0 Å². The van der Waals surface area contributed by atoms with Crippen molar-refractivity contribution in [2.24, 2.45) is 0 Å². The molecule has 11 heavy (non-hydrogen) atoms. The first kappa shape index (κ1) is 11.8. The summed E-state index contributed by atoms with van der Waals surface area (Å²) in [4.78, 5) is 0. The second kappa shape index (κ2) is 8.89. The van der Waals surface area contributed by atoms with E-state index in [1.54, 1.807) is 12.1 Å². The molecule has 0 spiro atoms. The van der Waals surface area contributed by atoms with Crippen LogP contribution in [0.15, 0.2) is 30.3 Å². The third-order valence-corrected chi connectivity index (χ3v) is 0.903. The molecule has 0 aliphatic heterocycles. The molecule has 1 nitrogen and oxygen atoms in total. The Labute approximate surface area is 95.5 Å². The summed E-state index contributed by atoms with van der Waals surface area (Å²) in [5, 5.41) is 8.29. The maximum atomic E-state index is 8.29. The molecule has 0 saturated carbocycles. The summed E-state index contributed by atoms with van der Waals surface area (Å²) in [7, 11) is 0.0650. The van der Waals surface area contributed by atoms with Crippen LogP contribution in [0.2, 0.25) is 0 Å². The number of nitriles is 1. The zero-order valence-corrected chi connectivity index (χ0v) is 13.1. The summed E-state index contributed by atoms with van der Waals surface area (Å²) in [6.45, 7) is 0. The second-order valence-electron chi connectivity index (χ2n) is 1.58. The molecule has 1 rings (SSSR count). The first-order chi connectivity index (χ1) is 5.35. The fourth-order valence-corrected chi connectivity index (χ4v) is 0.513. The van der Waals surface area contributed by atoms with Gasteiger partial charge in [-0.2, -0.15) is 5.26 Å². The van der Waals surface area contributed by atoms with Crippen molar-refractivity contribution in [3.63, 3.8) is 0 Å². The molecule has 0 atom stereocenters. The van der Waals surface area contributed by atoms with E-state index in [0.29, 0.717) is 5.56 Å². The van der Waals surface area contributed by atoms with Crippen molar-refractivity contribution in [1.29, 1.82) is 5.26 Å². The fourth-order valence-electron chi connectivity index (χ4n) is 0.513. The Morgan fingerprint density at radius 2 is 1.64 bits per heavy atom. The van der Waals surface area contributed by atoms with Crippen LogP contribution in [-0.2, 0) is 10.1 Å². The average Bonchev–Trinajstić information content (AvgIpc) is 2.08. The van der Waals surface area contributed by atoms with E-state index in [-0.39, 0.29) is 10.1 Å². The van der Waals surface area contributed by atoms with E-state index in [0.717, 1.165) is 0 Å². The van der Waals surface area contributed by atoms with Crippen LogP contribution < -0.4 is 0 Å². The van der Waals surface area contributed by atoms with Gasteiger partial charge < -0.3 is 0 Å². The van der Waals surface area contributed by atoms with Gasteiger partial charge in [-0.25, -0.2) is 0 Å². The number of benzene rings is 1. The summed E-state index contributed by atoms with van der Waals surface area (Å²) >= 11 is 4.93. The van der Waals surface area contributed by atoms with E-state index in [2.05, 4.69) is 39.5 Å². The normalized spacial score (nSPS) is 6.64.